The first-order valence-corrected chi connectivity index (χ1v) is 6.35. The van der Waals surface area contributed by atoms with Gasteiger partial charge in [0.2, 0.25) is 0 Å². The van der Waals surface area contributed by atoms with Crippen molar-refractivity contribution in [2.24, 2.45) is 0 Å². The predicted molar refractivity (Wildman–Crippen MR) is 62.9 cm³/mol. The number of hydrogen-bond donors (Lipinski definition) is 0. The maximum Gasteiger partial charge on any atom is 0.123 e. The lowest BCUT2D eigenvalue weighted by Crippen LogP contribution is -1.97. The molecular weight excluding hydrogens is 242 g/mol. The van der Waals surface area contributed by atoms with Crippen LogP contribution in [0, 0.1) is 11.6 Å². The van der Waals surface area contributed by atoms with Crippen molar-refractivity contribution in [3.8, 4) is 0 Å². The van der Waals surface area contributed by atoms with Crippen molar-refractivity contribution in [2.45, 2.75) is 10.6 Å². The molecule has 0 aliphatic rings. The summed E-state index contributed by atoms with van der Waals surface area (Å²) >= 11 is 0. The Kier molecular flexibility index (Phi) is 3.64. The van der Waals surface area contributed by atoms with E-state index in [1.54, 1.807) is 12.1 Å². The molecule has 1 nitrogen and oxygen atoms in total. The summed E-state index contributed by atoms with van der Waals surface area (Å²) in [7, 11) is -1.28. The lowest BCUT2D eigenvalue weighted by molar-refractivity contribution is 0.626. The van der Waals surface area contributed by atoms with Crippen LogP contribution in [0.25, 0.3) is 0 Å². The van der Waals surface area contributed by atoms with E-state index >= 15 is 0 Å². The largest absolute Gasteiger partial charge is 0.254 e. The summed E-state index contributed by atoms with van der Waals surface area (Å²) in [4.78, 5) is 0.538. The van der Waals surface area contributed by atoms with Gasteiger partial charge in [-0.3, -0.25) is 4.21 Å². The molecule has 0 heterocycles. The third kappa shape index (κ3) is 3.20. The van der Waals surface area contributed by atoms with Crippen LogP contribution in [-0.4, -0.2) is 4.21 Å². The fraction of sp³-hybridized carbons (Fsp3) is 0.0769. The molecule has 0 aliphatic carbocycles. The molecule has 4 heteroatoms. The molecule has 2 aromatic rings. The lowest BCUT2D eigenvalue weighted by Gasteiger charge is -2.02. The summed E-state index contributed by atoms with van der Waals surface area (Å²) < 4.78 is 37.5. The van der Waals surface area contributed by atoms with Crippen molar-refractivity contribution in [3.63, 3.8) is 0 Å². The number of hydrogen-bond acceptors (Lipinski definition) is 1. The maximum atomic E-state index is 12.9. The Bertz CT molecular complexity index is 537. The van der Waals surface area contributed by atoms with E-state index < -0.39 is 10.8 Å². The van der Waals surface area contributed by atoms with Crippen LogP contribution in [0.15, 0.2) is 53.4 Å². The zero-order valence-electron chi connectivity index (χ0n) is 8.90. The third-order valence-electron chi connectivity index (χ3n) is 2.26. The average Bonchev–Trinajstić information content (AvgIpc) is 2.29. The number of benzene rings is 2. The van der Waals surface area contributed by atoms with Crippen LogP contribution in [0.5, 0.6) is 0 Å². The smallest absolute Gasteiger partial charge is 0.123 e. The Morgan fingerprint density at radius 3 is 2.29 bits per heavy atom. The van der Waals surface area contributed by atoms with Gasteiger partial charge in [-0.25, -0.2) is 8.78 Å². The van der Waals surface area contributed by atoms with Gasteiger partial charge in [-0.05, 0) is 42.0 Å². The highest BCUT2D eigenvalue weighted by atomic mass is 32.2. The Labute approximate surface area is 101 Å². The van der Waals surface area contributed by atoms with Crippen LogP contribution >= 0.6 is 0 Å². The molecule has 0 N–H and O–H groups in total. The summed E-state index contributed by atoms with van der Waals surface area (Å²) in [6, 6.07) is 11.5. The molecule has 17 heavy (non-hydrogen) atoms. The highest BCUT2D eigenvalue weighted by Crippen LogP contribution is 2.13. The number of halogens is 2. The zero-order chi connectivity index (χ0) is 12.3. The molecule has 1 atom stereocenters. The van der Waals surface area contributed by atoms with Gasteiger partial charge in [0, 0.05) is 4.90 Å². The van der Waals surface area contributed by atoms with Gasteiger partial charge in [-0.2, -0.15) is 0 Å². The van der Waals surface area contributed by atoms with E-state index in [9.17, 15) is 13.0 Å². The van der Waals surface area contributed by atoms with E-state index in [4.69, 9.17) is 0 Å². The predicted octanol–water partition coefficient (Wildman–Crippen LogP) is 3.27. The molecule has 0 radical (unpaired) electrons. The van der Waals surface area contributed by atoms with E-state index in [2.05, 4.69) is 0 Å². The van der Waals surface area contributed by atoms with Crippen LogP contribution in [-0.2, 0) is 16.6 Å². The van der Waals surface area contributed by atoms with Gasteiger partial charge in [0.05, 0.1) is 16.6 Å². The molecule has 0 saturated carbocycles. The van der Waals surface area contributed by atoms with Crippen LogP contribution in [0.1, 0.15) is 5.56 Å². The molecule has 2 aromatic carbocycles. The highest BCUT2D eigenvalue weighted by Gasteiger charge is 2.05. The molecule has 0 saturated heterocycles. The molecule has 0 aliphatic heterocycles. The molecule has 88 valence electrons. The van der Waals surface area contributed by atoms with Gasteiger partial charge < -0.3 is 0 Å². The molecule has 2 rings (SSSR count). The Morgan fingerprint density at radius 2 is 1.65 bits per heavy atom. The lowest BCUT2D eigenvalue weighted by atomic mass is 10.2. The Morgan fingerprint density at radius 1 is 0.941 bits per heavy atom. The van der Waals surface area contributed by atoms with Crippen molar-refractivity contribution >= 4 is 10.8 Å². The van der Waals surface area contributed by atoms with Crippen molar-refractivity contribution in [1.82, 2.24) is 0 Å². The molecule has 0 bridgehead atoms. The van der Waals surface area contributed by atoms with Gasteiger partial charge in [0.1, 0.15) is 11.6 Å². The SMILES string of the molecule is O=S(Cc1cccc(F)c1)c1ccc(F)cc1. The van der Waals surface area contributed by atoms with Crippen molar-refractivity contribution < 1.29 is 13.0 Å². The summed E-state index contributed by atoms with van der Waals surface area (Å²) in [5.74, 6) is -0.487. The fourth-order valence-corrected chi connectivity index (χ4v) is 2.54. The van der Waals surface area contributed by atoms with Gasteiger partial charge >= 0.3 is 0 Å². The fourth-order valence-electron chi connectivity index (χ4n) is 1.45. The monoisotopic (exact) mass is 252 g/mol. The normalized spacial score (nSPS) is 12.4. The minimum Gasteiger partial charge on any atom is -0.254 e. The zero-order valence-corrected chi connectivity index (χ0v) is 9.71. The standard InChI is InChI=1S/C13H10F2OS/c14-11-4-6-13(7-5-11)17(16)9-10-2-1-3-12(15)8-10/h1-8H,9H2. The second-order valence-electron chi connectivity index (χ2n) is 3.57. The Hall–Kier alpha value is -1.55. The van der Waals surface area contributed by atoms with Gasteiger partial charge in [-0.1, -0.05) is 12.1 Å². The van der Waals surface area contributed by atoms with Crippen LogP contribution in [0.2, 0.25) is 0 Å². The minimum absolute atomic E-state index is 0.226. The van der Waals surface area contributed by atoms with E-state index in [1.807, 2.05) is 0 Å². The van der Waals surface area contributed by atoms with Crippen molar-refractivity contribution in [2.75, 3.05) is 0 Å². The van der Waals surface area contributed by atoms with Crippen molar-refractivity contribution in [3.05, 3.63) is 65.7 Å². The molecule has 0 aromatic heterocycles. The topological polar surface area (TPSA) is 17.1 Å². The highest BCUT2D eigenvalue weighted by molar-refractivity contribution is 7.84. The first kappa shape index (κ1) is 11.9. The van der Waals surface area contributed by atoms with Crippen molar-refractivity contribution in [1.29, 1.82) is 0 Å². The number of rotatable bonds is 3. The Balaban J connectivity index is 2.14. The van der Waals surface area contributed by atoms with E-state index in [1.165, 1.54) is 36.4 Å². The maximum absolute atomic E-state index is 12.9. The average molecular weight is 252 g/mol. The van der Waals surface area contributed by atoms with Gasteiger partial charge in [0.15, 0.2) is 0 Å². The molecule has 0 fully saturated rings. The second-order valence-corrected chi connectivity index (χ2v) is 5.02. The summed E-state index contributed by atoms with van der Waals surface area (Å²) in [5.41, 5.74) is 0.660. The summed E-state index contributed by atoms with van der Waals surface area (Å²) in [6.45, 7) is 0. The van der Waals surface area contributed by atoms with E-state index in [-0.39, 0.29) is 17.4 Å². The quantitative estimate of drug-likeness (QED) is 0.819. The van der Waals surface area contributed by atoms with Gasteiger partial charge in [-0.15, -0.1) is 0 Å². The first-order chi connectivity index (χ1) is 8.15. The molecule has 1 unspecified atom stereocenters. The summed E-state index contributed by atoms with van der Waals surface area (Å²) in [6.07, 6.45) is 0. The van der Waals surface area contributed by atoms with Crippen LogP contribution < -0.4 is 0 Å². The van der Waals surface area contributed by atoms with Gasteiger partial charge in [0.25, 0.3) is 0 Å². The summed E-state index contributed by atoms with van der Waals surface area (Å²) in [5, 5.41) is 0. The van der Waals surface area contributed by atoms with Crippen LogP contribution in [0.4, 0.5) is 8.78 Å². The molecule has 0 spiro atoms. The minimum atomic E-state index is -1.28. The molecule has 0 amide bonds. The van der Waals surface area contributed by atoms with Crippen LogP contribution in [0.3, 0.4) is 0 Å². The third-order valence-corrected chi connectivity index (χ3v) is 3.66. The second kappa shape index (κ2) is 5.19. The van der Waals surface area contributed by atoms with E-state index in [0.717, 1.165) is 0 Å². The molecular formula is C13H10F2OS. The van der Waals surface area contributed by atoms with E-state index in [0.29, 0.717) is 10.5 Å². The first-order valence-electron chi connectivity index (χ1n) is 5.03.